The van der Waals surface area contributed by atoms with E-state index >= 15 is 0 Å². The molecule has 2 aliphatic carbocycles. The molecule has 0 radical (unpaired) electrons. The molecule has 0 aromatic carbocycles. The number of hydrogen-bond acceptors (Lipinski definition) is 1. The van der Waals surface area contributed by atoms with Gasteiger partial charge in [0.1, 0.15) is 0 Å². The van der Waals surface area contributed by atoms with E-state index in [1.807, 2.05) is 0 Å². The maximum atomic E-state index is 10.7. The Balaban J connectivity index is 2.09. The van der Waals surface area contributed by atoms with E-state index in [4.69, 9.17) is 5.11 Å². The summed E-state index contributed by atoms with van der Waals surface area (Å²) in [7, 11) is 0. The van der Waals surface area contributed by atoms with Crippen molar-refractivity contribution < 1.29 is 9.90 Å². The van der Waals surface area contributed by atoms with Gasteiger partial charge in [-0.05, 0) is 36.5 Å². The van der Waals surface area contributed by atoms with Crippen LogP contribution in [0.2, 0.25) is 0 Å². The lowest BCUT2D eigenvalue weighted by Gasteiger charge is -2.46. The van der Waals surface area contributed by atoms with Gasteiger partial charge >= 0.3 is 5.97 Å². The Labute approximate surface area is 73.0 Å². The van der Waals surface area contributed by atoms with Crippen molar-refractivity contribution in [3.8, 4) is 0 Å². The zero-order valence-corrected chi connectivity index (χ0v) is 7.60. The van der Waals surface area contributed by atoms with E-state index in [1.165, 1.54) is 19.3 Å². The maximum absolute atomic E-state index is 10.7. The molecule has 1 N–H and O–H groups in total. The van der Waals surface area contributed by atoms with Crippen LogP contribution in [0.15, 0.2) is 0 Å². The number of rotatable bonds is 3. The van der Waals surface area contributed by atoms with Crippen molar-refractivity contribution in [2.24, 2.45) is 10.8 Å². The molecule has 2 nitrogen and oxygen atoms in total. The van der Waals surface area contributed by atoms with Crippen LogP contribution in [0.1, 0.15) is 45.4 Å². The van der Waals surface area contributed by atoms with Crippen molar-refractivity contribution in [2.75, 3.05) is 0 Å². The van der Waals surface area contributed by atoms with Gasteiger partial charge in [-0.15, -0.1) is 0 Å². The highest BCUT2D eigenvalue weighted by molar-refractivity contribution is 5.68. The summed E-state index contributed by atoms with van der Waals surface area (Å²) in [6.45, 7) is 2.26. The van der Waals surface area contributed by atoms with E-state index in [0.29, 0.717) is 11.8 Å². The van der Waals surface area contributed by atoms with Crippen molar-refractivity contribution in [3.05, 3.63) is 0 Å². The fourth-order valence-electron chi connectivity index (χ4n) is 2.60. The molecule has 2 heteroatoms. The molecule has 2 aliphatic rings. The topological polar surface area (TPSA) is 37.3 Å². The highest BCUT2D eigenvalue weighted by Crippen LogP contribution is 2.67. The molecule has 2 fully saturated rings. The molecule has 0 aromatic rings. The Hall–Kier alpha value is -0.530. The van der Waals surface area contributed by atoms with Crippen molar-refractivity contribution in [1.29, 1.82) is 0 Å². The van der Waals surface area contributed by atoms with Gasteiger partial charge in [-0.1, -0.05) is 13.3 Å². The summed E-state index contributed by atoms with van der Waals surface area (Å²) in [5.41, 5.74) is 0.586. The molecule has 0 aromatic heterocycles. The minimum atomic E-state index is -0.608. The van der Waals surface area contributed by atoms with E-state index in [0.717, 1.165) is 12.8 Å². The van der Waals surface area contributed by atoms with Crippen LogP contribution in [0.3, 0.4) is 0 Å². The molecule has 68 valence electrons. The second-order valence-corrected chi connectivity index (χ2v) is 4.77. The third-order valence-corrected chi connectivity index (χ3v) is 4.08. The molecule has 0 atom stereocenters. The van der Waals surface area contributed by atoms with Crippen LogP contribution in [0.5, 0.6) is 0 Å². The quantitative estimate of drug-likeness (QED) is 0.702. The first-order valence-electron chi connectivity index (χ1n) is 4.80. The van der Waals surface area contributed by atoms with Crippen LogP contribution < -0.4 is 0 Å². The molecule has 2 rings (SSSR count). The molecule has 0 aliphatic heterocycles. The Morgan fingerprint density at radius 3 is 2.17 bits per heavy atom. The third kappa shape index (κ3) is 0.970. The second kappa shape index (κ2) is 2.24. The van der Waals surface area contributed by atoms with Crippen LogP contribution in [0.4, 0.5) is 0 Å². The average molecular weight is 168 g/mol. The first-order valence-corrected chi connectivity index (χ1v) is 4.80. The number of carboxylic acid groups (broad SMARTS) is 1. The molecular weight excluding hydrogens is 152 g/mol. The van der Waals surface area contributed by atoms with Crippen molar-refractivity contribution in [3.63, 3.8) is 0 Å². The van der Waals surface area contributed by atoms with Gasteiger partial charge < -0.3 is 5.11 Å². The lowest BCUT2D eigenvalue weighted by molar-refractivity contribution is -0.143. The van der Waals surface area contributed by atoms with E-state index in [2.05, 4.69) is 6.92 Å². The Bertz CT molecular complexity index is 212. The van der Waals surface area contributed by atoms with Gasteiger partial charge in [0.25, 0.3) is 0 Å². The zero-order chi connectivity index (χ0) is 8.82. The third-order valence-electron chi connectivity index (χ3n) is 4.08. The van der Waals surface area contributed by atoms with Gasteiger partial charge in [-0.3, -0.25) is 4.79 Å². The predicted octanol–water partition coefficient (Wildman–Crippen LogP) is 2.43. The second-order valence-electron chi connectivity index (χ2n) is 4.77. The van der Waals surface area contributed by atoms with Gasteiger partial charge in [0.2, 0.25) is 0 Å². The van der Waals surface area contributed by atoms with E-state index in [1.54, 1.807) is 0 Å². The summed E-state index contributed by atoms with van der Waals surface area (Å²) < 4.78 is 0. The minimum Gasteiger partial charge on any atom is -0.481 e. The Kier molecular flexibility index (Phi) is 1.51. The van der Waals surface area contributed by atoms with E-state index in [-0.39, 0.29) is 5.41 Å². The summed E-state index contributed by atoms with van der Waals surface area (Å²) >= 11 is 0. The molecule has 0 amide bonds. The van der Waals surface area contributed by atoms with Crippen LogP contribution in [0, 0.1) is 10.8 Å². The Morgan fingerprint density at radius 2 is 1.92 bits per heavy atom. The van der Waals surface area contributed by atoms with E-state index in [9.17, 15) is 4.79 Å². The van der Waals surface area contributed by atoms with Crippen LogP contribution in [-0.2, 0) is 4.79 Å². The minimum absolute atomic E-state index is 0.193. The lowest BCUT2D eigenvalue weighted by Crippen LogP contribution is -2.39. The summed E-state index contributed by atoms with van der Waals surface area (Å²) in [4.78, 5) is 10.7. The average Bonchev–Trinajstić information content (AvgIpc) is 2.59. The number of aliphatic carboxylic acids is 1. The highest BCUT2D eigenvalue weighted by Gasteiger charge is 2.58. The first kappa shape index (κ1) is 8.09. The SMILES string of the molecule is CC1(C2(CC(=O)O)CCC2)CC1. The molecule has 0 heterocycles. The number of carboxylic acids is 1. The lowest BCUT2D eigenvalue weighted by atomic mass is 9.58. The van der Waals surface area contributed by atoms with Gasteiger partial charge in [-0.2, -0.15) is 0 Å². The molecule has 12 heavy (non-hydrogen) atoms. The van der Waals surface area contributed by atoms with Crippen LogP contribution in [-0.4, -0.2) is 11.1 Å². The largest absolute Gasteiger partial charge is 0.481 e. The summed E-state index contributed by atoms with van der Waals surface area (Å²) in [5, 5.41) is 8.81. The molecule has 0 unspecified atom stereocenters. The fraction of sp³-hybridized carbons (Fsp3) is 0.900. The standard InChI is InChI=1S/C10H16O2/c1-9(5-6-9)10(3-2-4-10)7-8(11)12/h2-7H2,1H3,(H,11,12). The van der Waals surface area contributed by atoms with E-state index < -0.39 is 5.97 Å². The van der Waals surface area contributed by atoms with Gasteiger partial charge in [-0.25, -0.2) is 0 Å². The number of carbonyl (C=O) groups is 1. The molecular formula is C10H16O2. The van der Waals surface area contributed by atoms with Gasteiger partial charge in [0, 0.05) is 0 Å². The first-order chi connectivity index (χ1) is 5.58. The Morgan fingerprint density at radius 1 is 1.33 bits per heavy atom. The zero-order valence-electron chi connectivity index (χ0n) is 7.60. The molecule has 0 saturated heterocycles. The van der Waals surface area contributed by atoms with Crippen LogP contribution in [0.25, 0.3) is 0 Å². The monoisotopic (exact) mass is 168 g/mol. The normalized spacial score (nSPS) is 29.1. The fourth-order valence-corrected chi connectivity index (χ4v) is 2.60. The summed E-state index contributed by atoms with van der Waals surface area (Å²) in [6, 6.07) is 0. The molecule has 0 spiro atoms. The summed E-state index contributed by atoms with van der Waals surface area (Å²) in [5.74, 6) is -0.608. The molecule has 2 saturated carbocycles. The smallest absolute Gasteiger partial charge is 0.303 e. The maximum Gasteiger partial charge on any atom is 0.303 e. The van der Waals surface area contributed by atoms with Crippen LogP contribution >= 0.6 is 0 Å². The predicted molar refractivity (Wildman–Crippen MR) is 45.9 cm³/mol. The van der Waals surface area contributed by atoms with Crippen molar-refractivity contribution in [2.45, 2.75) is 45.4 Å². The van der Waals surface area contributed by atoms with Gasteiger partial charge in [0.05, 0.1) is 6.42 Å². The molecule has 0 bridgehead atoms. The van der Waals surface area contributed by atoms with Crippen molar-refractivity contribution >= 4 is 5.97 Å². The van der Waals surface area contributed by atoms with Gasteiger partial charge in [0.15, 0.2) is 0 Å². The van der Waals surface area contributed by atoms with Crippen molar-refractivity contribution in [1.82, 2.24) is 0 Å². The highest BCUT2D eigenvalue weighted by atomic mass is 16.4. The number of hydrogen-bond donors (Lipinski definition) is 1. The summed E-state index contributed by atoms with van der Waals surface area (Å²) in [6.07, 6.45) is 6.44.